The Morgan fingerprint density at radius 1 is 1.41 bits per heavy atom. The van der Waals surface area contributed by atoms with Crippen LogP contribution in [0.25, 0.3) is 0 Å². The van der Waals surface area contributed by atoms with Gasteiger partial charge in [-0.25, -0.2) is 4.98 Å². The van der Waals surface area contributed by atoms with Gasteiger partial charge in [0.25, 0.3) is 0 Å². The SMILES string of the molecule is CN(C)C(=O)C1(n2ccnc2)CCN(Cc2cccs2)CC1. The molecule has 5 nitrogen and oxygen atoms in total. The number of thiophene rings is 1. The van der Waals surface area contributed by atoms with Crippen molar-refractivity contribution in [3.05, 3.63) is 41.1 Å². The molecule has 3 rings (SSSR count). The van der Waals surface area contributed by atoms with Crippen molar-refractivity contribution in [2.24, 2.45) is 0 Å². The average molecular weight is 318 g/mol. The molecule has 22 heavy (non-hydrogen) atoms. The van der Waals surface area contributed by atoms with Gasteiger partial charge in [0, 0.05) is 51.0 Å². The highest BCUT2D eigenvalue weighted by molar-refractivity contribution is 7.09. The molecule has 0 radical (unpaired) electrons. The molecule has 6 heteroatoms. The minimum Gasteiger partial charge on any atom is -0.347 e. The van der Waals surface area contributed by atoms with Gasteiger partial charge >= 0.3 is 0 Å². The number of carbonyl (C=O) groups excluding carboxylic acids is 1. The molecule has 0 saturated carbocycles. The van der Waals surface area contributed by atoms with E-state index < -0.39 is 5.54 Å². The molecule has 0 aromatic carbocycles. The normalized spacial score (nSPS) is 18.3. The van der Waals surface area contributed by atoms with Crippen LogP contribution in [-0.4, -0.2) is 52.4 Å². The fraction of sp³-hybridized carbons (Fsp3) is 0.500. The lowest BCUT2D eigenvalue weighted by Gasteiger charge is -2.42. The van der Waals surface area contributed by atoms with Gasteiger partial charge < -0.3 is 9.47 Å². The smallest absolute Gasteiger partial charge is 0.248 e. The molecule has 0 bridgehead atoms. The number of hydrogen-bond acceptors (Lipinski definition) is 4. The van der Waals surface area contributed by atoms with Gasteiger partial charge in [-0.2, -0.15) is 0 Å². The molecule has 1 fully saturated rings. The summed E-state index contributed by atoms with van der Waals surface area (Å²) in [6, 6.07) is 4.27. The predicted molar refractivity (Wildman–Crippen MR) is 87.7 cm³/mol. The number of aromatic nitrogens is 2. The van der Waals surface area contributed by atoms with Crippen molar-refractivity contribution in [2.45, 2.75) is 24.9 Å². The Morgan fingerprint density at radius 2 is 2.18 bits per heavy atom. The van der Waals surface area contributed by atoms with Crippen molar-refractivity contribution in [1.29, 1.82) is 0 Å². The van der Waals surface area contributed by atoms with Crippen LogP contribution in [-0.2, 0) is 16.9 Å². The number of likely N-dealkylation sites (N-methyl/N-ethyl adjacent to an activating group) is 1. The molecule has 0 atom stereocenters. The minimum atomic E-state index is -0.480. The molecule has 1 amide bonds. The van der Waals surface area contributed by atoms with Gasteiger partial charge in [-0.05, 0) is 24.3 Å². The first-order valence-corrected chi connectivity index (χ1v) is 8.45. The number of rotatable bonds is 4. The van der Waals surface area contributed by atoms with E-state index in [0.29, 0.717) is 0 Å². The molecule has 118 valence electrons. The van der Waals surface area contributed by atoms with Crippen molar-refractivity contribution in [3.8, 4) is 0 Å². The standard InChI is InChI=1S/C16H22N4OS/c1-18(2)15(21)16(20-10-7-17-13-20)5-8-19(9-6-16)12-14-4-3-11-22-14/h3-4,7,10-11,13H,5-6,8-9,12H2,1-2H3. The highest BCUT2D eigenvalue weighted by Gasteiger charge is 2.43. The van der Waals surface area contributed by atoms with Gasteiger partial charge in [0.05, 0.1) is 6.33 Å². The van der Waals surface area contributed by atoms with E-state index in [2.05, 4.69) is 27.4 Å². The number of amides is 1. The summed E-state index contributed by atoms with van der Waals surface area (Å²) in [7, 11) is 3.66. The number of imidazole rings is 1. The third-order valence-corrected chi connectivity index (χ3v) is 5.31. The summed E-state index contributed by atoms with van der Waals surface area (Å²) < 4.78 is 2.00. The van der Waals surface area contributed by atoms with E-state index in [1.807, 2.05) is 24.9 Å². The molecule has 1 saturated heterocycles. The maximum Gasteiger partial charge on any atom is 0.248 e. The topological polar surface area (TPSA) is 41.4 Å². The van der Waals surface area contributed by atoms with Crippen molar-refractivity contribution < 1.29 is 4.79 Å². The Labute approximate surface area is 135 Å². The molecule has 3 heterocycles. The Kier molecular flexibility index (Phi) is 4.31. The van der Waals surface area contributed by atoms with E-state index in [9.17, 15) is 4.79 Å². The summed E-state index contributed by atoms with van der Waals surface area (Å²) in [5.74, 6) is 0.168. The van der Waals surface area contributed by atoms with Crippen LogP contribution in [0.5, 0.6) is 0 Å². The molecule has 1 aliphatic rings. The van der Waals surface area contributed by atoms with Crippen LogP contribution >= 0.6 is 11.3 Å². The number of hydrogen-bond donors (Lipinski definition) is 0. The van der Waals surface area contributed by atoms with E-state index in [0.717, 1.165) is 32.5 Å². The maximum absolute atomic E-state index is 12.8. The number of piperidine rings is 1. The summed E-state index contributed by atoms with van der Waals surface area (Å²) >= 11 is 1.79. The molecule has 0 spiro atoms. The van der Waals surface area contributed by atoms with E-state index in [-0.39, 0.29) is 5.91 Å². The monoisotopic (exact) mass is 318 g/mol. The first-order valence-electron chi connectivity index (χ1n) is 7.57. The fourth-order valence-corrected chi connectivity index (χ4v) is 3.96. The summed E-state index contributed by atoms with van der Waals surface area (Å²) in [6.07, 6.45) is 7.09. The number of nitrogens with zero attached hydrogens (tertiary/aromatic N) is 4. The van der Waals surface area contributed by atoms with E-state index >= 15 is 0 Å². The molecular weight excluding hydrogens is 296 g/mol. The lowest BCUT2D eigenvalue weighted by Crippen LogP contribution is -2.54. The van der Waals surface area contributed by atoms with Crippen LogP contribution < -0.4 is 0 Å². The first-order chi connectivity index (χ1) is 10.6. The highest BCUT2D eigenvalue weighted by atomic mass is 32.1. The Morgan fingerprint density at radius 3 is 2.73 bits per heavy atom. The molecule has 1 aliphatic heterocycles. The summed E-state index contributed by atoms with van der Waals surface area (Å²) in [5.41, 5.74) is -0.480. The lowest BCUT2D eigenvalue weighted by molar-refractivity contribution is -0.141. The van der Waals surface area contributed by atoms with Crippen LogP contribution in [0, 0.1) is 0 Å². The lowest BCUT2D eigenvalue weighted by atomic mass is 9.85. The van der Waals surface area contributed by atoms with Crippen LogP contribution in [0.4, 0.5) is 0 Å². The molecular formula is C16H22N4OS. The van der Waals surface area contributed by atoms with Crippen molar-refractivity contribution in [1.82, 2.24) is 19.4 Å². The Bertz CT molecular complexity index is 598. The van der Waals surface area contributed by atoms with Crippen LogP contribution in [0.3, 0.4) is 0 Å². The van der Waals surface area contributed by atoms with Gasteiger partial charge in [-0.1, -0.05) is 6.07 Å². The van der Waals surface area contributed by atoms with Crippen molar-refractivity contribution in [3.63, 3.8) is 0 Å². The number of likely N-dealkylation sites (tertiary alicyclic amines) is 1. The zero-order valence-corrected chi connectivity index (χ0v) is 13.9. The maximum atomic E-state index is 12.8. The van der Waals surface area contributed by atoms with E-state index in [4.69, 9.17) is 0 Å². The Balaban J connectivity index is 1.75. The third kappa shape index (κ3) is 2.80. The first kappa shape index (κ1) is 15.2. The largest absolute Gasteiger partial charge is 0.347 e. The predicted octanol–water partition coefficient (Wildman–Crippen LogP) is 2.02. The summed E-state index contributed by atoms with van der Waals surface area (Å²) in [4.78, 5) is 22.5. The van der Waals surface area contributed by atoms with Crippen LogP contribution in [0.1, 0.15) is 17.7 Å². The second-order valence-corrected chi connectivity index (χ2v) is 7.09. The minimum absolute atomic E-state index is 0.168. The van der Waals surface area contributed by atoms with Gasteiger partial charge in [0.1, 0.15) is 5.54 Å². The average Bonchev–Trinajstić information content (AvgIpc) is 3.21. The second kappa shape index (κ2) is 6.22. The van der Waals surface area contributed by atoms with Gasteiger partial charge in [-0.3, -0.25) is 9.69 Å². The van der Waals surface area contributed by atoms with Crippen LogP contribution in [0.15, 0.2) is 36.2 Å². The van der Waals surface area contributed by atoms with Crippen molar-refractivity contribution >= 4 is 17.2 Å². The van der Waals surface area contributed by atoms with Gasteiger partial charge in [-0.15, -0.1) is 11.3 Å². The second-order valence-electron chi connectivity index (χ2n) is 6.06. The fourth-order valence-electron chi connectivity index (χ4n) is 3.22. The van der Waals surface area contributed by atoms with E-state index in [1.165, 1.54) is 4.88 Å². The molecule has 2 aromatic rings. The van der Waals surface area contributed by atoms with Gasteiger partial charge in [0.15, 0.2) is 0 Å². The highest BCUT2D eigenvalue weighted by Crippen LogP contribution is 2.32. The number of carbonyl (C=O) groups is 1. The quantitative estimate of drug-likeness (QED) is 0.866. The van der Waals surface area contributed by atoms with Gasteiger partial charge in [0.2, 0.25) is 5.91 Å². The molecule has 0 aliphatic carbocycles. The molecule has 0 N–H and O–H groups in total. The Hall–Kier alpha value is -1.66. The zero-order valence-electron chi connectivity index (χ0n) is 13.1. The molecule has 2 aromatic heterocycles. The summed E-state index contributed by atoms with van der Waals surface area (Å²) in [5, 5.41) is 2.12. The van der Waals surface area contributed by atoms with Crippen molar-refractivity contribution in [2.75, 3.05) is 27.2 Å². The summed E-state index contributed by atoms with van der Waals surface area (Å²) in [6.45, 7) is 2.83. The zero-order chi connectivity index (χ0) is 15.6. The van der Waals surface area contributed by atoms with E-state index in [1.54, 1.807) is 28.8 Å². The van der Waals surface area contributed by atoms with Crippen LogP contribution in [0.2, 0.25) is 0 Å². The third-order valence-electron chi connectivity index (χ3n) is 4.45. The molecule has 0 unspecified atom stereocenters.